The molecule has 3 rings (SSSR count). The number of benzene rings is 2. The third-order valence-electron chi connectivity index (χ3n) is 4.56. The molecule has 2 aromatic carbocycles. The van der Waals surface area contributed by atoms with E-state index < -0.39 is 18.5 Å². The first-order valence-electron chi connectivity index (χ1n) is 10.2. The first-order chi connectivity index (χ1) is 15.1. The van der Waals surface area contributed by atoms with Gasteiger partial charge in [0.2, 0.25) is 5.91 Å². The summed E-state index contributed by atoms with van der Waals surface area (Å²) in [7, 11) is 0. The van der Waals surface area contributed by atoms with E-state index in [-0.39, 0.29) is 18.7 Å². The van der Waals surface area contributed by atoms with Crippen LogP contribution < -0.4 is 10.1 Å². The summed E-state index contributed by atoms with van der Waals surface area (Å²) in [6, 6.07) is 16.7. The second-order valence-electron chi connectivity index (χ2n) is 6.82. The number of nitrogens with one attached hydrogen (secondary N) is 1. The minimum atomic E-state index is -0.618. The van der Waals surface area contributed by atoms with Crippen molar-refractivity contribution in [1.82, 2.24) is 5.01 Å². The van der Waals surface area contributed by atoms with Gasteiger partial charge in [-0.2, -0.15) is 5.10 Å². The molecular weight excluding hydrogens is 398 g/mol. The standard InChI is InChI=1S/C23H25N3O5/c1-2-30-20-11-7-6-10-19(20)24-21(27)16-31-23(29)13-12-22(28)26-15-14-18(25-26)17-8-4-3-5-9-17/h3-11H,2,12-16H2,1H3,(H,24,27). The van der Waals surface area contributed by atoms with Crippen molar-refractivity contribution in [1.29, 1.82) is 0 Å². The van der Waals surface area contributed by atoms with Crippen LogP contribution in [0.15, 0.2) is 59.7 Å². The number of hydrazone groups is 1. The van der Waals surface area contributed by atoms with Gasteiger partial charge < -0.3 is 14.8 Å². The first-order valence-corrected chi connectivity index (χ1v) is 10.2. The Morgan fingerprint density at radius 2 is 1.77 bits per heavy atom. The van der Waals surface area contributed by atoms with Gasteiger partial charge >= 0.3 is 5.97 Å². The number of hydrogen-bond acceptors (Lipinski definition) is 6. The lowest BCUT2D eigenvalue weighted by atomic mass is 10.1. The molecule has 0 aliphatic carbocycles. The number of hydrogen-bond donors (Lipinski definition) is 1. The van der Waals surface area contributed by atoms with Crippen molar-refractivity contribution >= 4 is 29.2 Å². The lowest BCUT2D eigenvalue weighted by Gasteiger charge is -2.12. The smallest absolute Gasteiger partial charge is 0.306 e. The van der Waals surface area contributed by atoms with Crippen molar-refractivity contribution in [2.45, 2.75) is 26.2 Å². The van der Waals surface area contributed by atoms with Gasteiger partial charge in [-0.3, -0.25) is 14.4 Å². The van der Waals surface area contributed by atoms with Gasteiger partial charge in [0.15, 0.2) is 6.61 Å². The van der Waals surface area contributed by atoms with Crippen molar-refractivity contribution in [2.24, 2.45) is 5.10 Å². The van der Waals surface area contributed by atoms with E-state index in [1.54, 1.807) is 24.3 Å². The van der Waals surface area contributed by atoms with Gasteiger partial charge in [0.1, 0.15) is 5.75 Å². The number of para-hydroxylation sites is 2. The maximum absolute atomic E-state index is 12.3. The lowest BCUT2D eigenvalue weighted by molar-refractivity contribution is -0.148. The topological polar surface area (TPSA) is 97.3 Å². The molecule has 1 aliphatic heterocycles. The maximum atomic E-state index is 12.3. The number of nitrogens with zero attached hydrogens (tertiary/aromatic N) is 2. The fourth-order valence-electron chi connectivity index (χ4n) is 3.06. The van der Waals surface area contributed by atoms with Gasteiger partial charge in [-0.05, 0) is 24.6 Å². The largest absolute Gasteiger partial charge is 0.492 e. The Hall–Kier alpha value is -3.68. The van der Waals surface area contributed by atoms with Crippen LogP contribution in [-0.2, 0) is 19.1 Å². The lowest BCUT2D eigenvalue weighted by Crippen LogP contribution is -2.25. The third kappa shape index (κ3) is 6.40. The quantitative estimate of drug-likeness (QED) is 0.626. The highest BCUT2D eigenvalue weighted by molar-refractivity contribution is 6.02. The van der Waals surface area contributed by atoms with Crippen molar-refractivity contribution in [3.05, 3.63) is 60.2 Å². The van der Waals surface area contributed by atoms with Crippen molar-refractivity contribution in [3.8, 4) is 5.75 Å². The van der Waals surface area contributed by atoms with Gasteiger partial charge in [0, 0.05) is 12.8 Å². The monoisotopic (exact) mass is 423 g/mol. The second kappa shape index (κ2) is 10.9. The van der Waals surface area contributed by atoms with Crippen LogP contribution in [-0.4, -0.2) is 48.3 Å². The summed E-state index contributed by atoms with van der Waals surface area (Å²) in [6.45, 7) is 2.36. The first kappa shape index (κ1) is 22.0. The minimum Gasteiger partial charge on any atom is -0.492 e. The molecule has 1 N–H and O–H groups in total. The fraction of sp³-hybridized carbons (Fsp3) is 0.304. The Morgan fingerprint density at radius 1 is 1.03 bits per heavy atom. The Kier molecular flexibility index (Phi) is 7.75. The summed E-state index contributed by atoms with van der Waals surface area (Å²) in [5, 5.41) is 8.38. The summed E-state index contributed by atoms with van der Waals surface area (Å²) >= 11 is 0. The summed E-state index contributed by atoms with van der Waals surface area (Å²) in [5.74, 6) is -0.814. The molecule has 0 radical (unpaired) electrons. The molecule has 0 fully saturated rings. The number of esters is 1. The molecule has 8 nitrogen and oxygen atoms in total. The Balaban J connectivity index is 1.41. The van der Waals surface area contributed by atoms with Gasteiger partial charge in [0.25, 0.3) is 5.91 Å². The molecule has 162 valence electrons. The van der Waals surface area contributed by atoms with Gasteiger partial charge in [-0.15, -0.1) is 0 Å². The SMILES string of the molecule is CCOc1ccccc1NC(=O)COC(=O)CCC(=O)N1CCC(c2ccccc2)=N1. The number of rotatable bonds is 9. The fourth-order valence-corrected chi connectivity index (χ4v) is 3.06. The summed E-state index contributed by atoms with van der Waals surface area (Å²) in [5.41, 5.74) is 2.33. The molecule has 0 saturated heterocycles. The number of carbonyl (C=O) groups is 3. The molecule has 0 bridgehead atoms. The van der Waals surface area contributed by atoms with Crippen molar-refractivity contribution in [3.63, 3.8) is 0 Å². The number of anilines is 1. The zero-order valence-electron chi connectivity index (χ0n) is 17.4. The van der Waals surface area contributed by atoms with E-state index in [0.29, 0.717) is 31.0 Å². The molecule has 0 atom stereocenters. The van der Waals surface area contributed by atoms with Gasteiger partial charge in [0.05, 0.1) is 31.0 Å². The molecule has 0 saturated carbocycles. The van der Waals surface area contributed by atoms with Crippen LogP contribution in [0.5, 0.6) is 5.75 Å². The van der Waals surface area contributed by atoms with Gasteiger partial charge in [-0.25, -0.2) is 5.01 Å². The Bertz CT molecular complexity index is 959. The van der Waals surface area contributed by atoms with Crippen LogP contribution in [0.1, 0.15) is 31.7 Å². The van der Waals surface area contributed by atoms with Crippen molar-refractivity contribution < 1.29 is 23.9 Å². The third-order valence-corrected chi connectivity index (χ3v) is 4.56. The van der Waals surface area contributed by atoms with Crippen LogP contribution in [0, 0.1) is 0 Å². The predicted molar refractivity (Wildman–Crippen MR) is 116 cm³/mol. The Morgan fingerprint density at radius 3 is 2.55 bits per heavy atom. The molecule has 2 amide bonds. The highest BCUT2D eigenvalue weighted by atomic mass is 16.5. The highest BCUT2D eigenvalue weighted by Gasteiger charge is 2.22. The number of carbonyl (C=O) groups excluding carboxylic acids is 3. The van der Waals surface area contributed by atoms with Crippen LogP contribution in [0.3, 0.4) is 0 Å². The number of ether oxygens (including phenoxy) is 2. The Labute approximate surface area is 180 Å². The van der Waals surface area contributed by atoms with Gasteiger partial charge in [-0.1, -0.05) is 42.5 Å². The molecule has 0 unspecified atom stereocenters. The molecule has 1 heterocycles. The molecule has 2 aromatic rings. The van der Waals surface area contributed by atoms with Crippen LogP contribution >= 0.6 is 0 Å². The van der Waals surface area contributed by atoms with Crippen LogP contribution in [0.2, 0.25) is 0 Å². The van der Waals surface area contributed by atoms with Crippen LogP contribution in [0.25, 0.3) is 0 Å². The average Bonchev–Trinajstić information content (AvgIpc) is 3.29. The molecule has 0 aromatic heterocycles. The molecule has 8 heteroatoms. The second-order valence-corrected chi connectivity index (χ2v) is 6.82. The molecule has 31 heavy (non-hydrogen) atoms. The molecule has 1 aliphatic rings. The van der Waals surface area contributed by atoms with Crippen LogP contribution in [0.4, 0.5) is 5.69 Å². The maximum Gasteiger partial charge on any atom is 0.306 e. The highest BCUT2D eigenvalue weighted by Crippen LogP contribution is 2.23. The summed E-state index contributed by atoms with van der Waals surface area (Å²) in [6.07, 6.45) is 0.525. The minimum absolute atomic E-state index is 0.0286. The zero-order chi connectivity index (χ0) is 22.1. The molecular formula is C23H25N3O5. The summed E-state index contributed by atoms with van der Waals surface area (Å²) < 4.78 is 10.4. The summed E-state index contributed by atoms with van der Waals surface area (Å²) in [4.78, 5) is 36.3. The zero-order valence-corrected chi connectivity index (χ0v) is 17.4. The van der Waals surface area contributed by atoms with E-state index in [0.717, 1.165) is 11.3 Å². The molecule has 0 spiro atoms. The van der Waals surface area contributed by atoms with E-state index in [2.05, 4.69) is 10.4 Å². The van der Waals surface area contributed by atoms with E-state index in [1.165, 1.54) is 5.01 Å². The van der Waals surface area contributed by atoms with E-state index in [1.807, 2.05) is 37.3 Å². The number of amides is 2. The normalized spacial score (nSPS) is 12.8. The van der Waals surface area contributed by atoms with E-state index in [9.17, 15) is 14.4 Å². The average molecular weight is 423 g/mol. The van der Waals surface area contributed by atoms with E-state index >= 15 is 0 Å². The van der Waals surface area contributed by atoms with Crippen molar-refractivity contribution in [2.75, 3.05) is 25.1 Å². The predicted octanol–water partition coefficient (Wildman–Crippen LogP) is 2.98. The van der Waals surface area contributed by atoms with E-state index in [4.69, 9.17) is 9.47 Å².